The van der Waals surface area contributed by atoms with Crippen molar-refractivity contribution in [2.24, 2.45) is 0 Å². The van der Waals surface area contributed by atoms with Crippen LogP contribution in [0.3, 0.4) is 0 Å². The molecule has 2 nitrogen and oxygen atoms in total. The Morgan fingerprint density at radius 1 is 0.760 bits per heavy atom. The van der Waals surface area contributed by atoms with Gasteiger partial charge in [0, 0.05) is 31.2 Å². The summed E-state index contributed by atoms with van der Waals surface area (Å²) < 4.78 is 0. The second-order valence-electron chi connectivity index (χ2n) is 5.36. The molecule has 0 aliphatic carbocycles. The highest BCUT2D eigenvalue weighted by Crippen LogP contribution is 2.32. The molecule has 0 aliphatic heterocycles. The van der Waals surface area contributed by atoms with Gasteiger partial charge in [-0.1, -0.05) is 52.5 Å². The van der Waals surface area contributed by atoms with Crippen molar-refractivity contribution in [3.63, 3.8) is 0 Å². The maximum atomic E-state index is 9.09. The summed E-state index contributed by atoms with van der Waals surface area (Å²) in [5.41, 5.74) is 3.67. The lowest BCUT2D eigenvalue weighted by molar-refractivity contribution is 1.20. The van der Waals surface area contributed by atoms with Gasteiger partial charge in [0.15, 0.2) is 0 Å². The van der Waals surface area contributed by atoms with Crippen LogP contribution in [0.2, 0.25) is 20.1 Å². The van der Waals surface area contributed by atoms with Crippen molar-refractivity contribution in [2.75, 3.05) is 0 Å². The molecule has 1 heterocycles. The van der Waals surface area contributed by atoms with Crippen molar-refractivity contribution in [2.45, 2.75) is 6.42 Å². The van der Waals surface area contributed by atoms with Gasteiger partial charge in [-0.2, -0.15) is 5.26 Å². The molecule has 1 aromatic heterocycles. The average Bonchev–Trinajstić information content (AvgIpc) is 2.53. The molecule has 6 heteroatoms. The van der Waals surface area contributed by atoms with Crippen LogP contribution < -0.4 is 0 Å². The molecule has 0 radical (unpaired) electrons. The summed E-state index contributed by atoms with van der Waals surface area (Å²) in [5, 5.41) is 11.2. The number of pyridine rings is 1. The molecule has 2 aromatic carbocycles. The number of halogens is 4. The van der Waals surface area contributed by atoms with E-state index < -0.39 is 0 Å². The molecular weight excluding hydrogens is 398 g/mol. The highest BCUT2D eigenvalue weighted by atomic mass is 35.5. The minimum Gasteiger partial charge on any atom is -0.247 e. The smallest absolute Gasteiger partial charge is 0.0752 e. The number of nitrogens with zero attached hydrogens (tertiary/aromatic N) is 2. The Kier molecular flexibility index (Phi) is 5.51. The summed E-state index contributed by atoms with van der Waals surface area (Å²) in [4.78, 5) is 4.71. The zero-order valence-electron chi connectivity index (χ0n) is 12.7. The molecule has 3 aromatic rings. The lowest BCUT2D eigenvalue weighted by Gasteiger charge is -2.11. The van der Waals surface area contributed by atoms with Crippen LogP contribution in [0.4, 0.5) is 0 Å². The quantitative estimate of drug-likeness (QED) is 0.464. The normalized spacial score (nSPS) is 10.5. The first-order valence-corrected chi connectivity index (χ1v) is 8.77. The Labute approximate surface area is 165 Å². The van der Waals surface area contributed by atoms with E-state index in [1.54, 1.807) is 36.4 Å². The van der Waals surface area contributed by atoms with E-state index in [0.717, 1.165) is 16.7 Å². The molecule has 3 rings (SSSR count). The van der Waals surface area contributed by atoms with Gasteiger partial charge in [0.05, 0.1) is 23.9 Å². The monoisotopic (exact) mass is 406 g/mol. The number of aromatic nitrogens is 1. The minimum absolute atomic E-state index is 0.225. The molecule has 0 saturated carbocycles. The van der Waals surface area contributed by atoms with E-state index in [2.05, 4.69) is 6.07 Å². The molecule has 124 valence electrons. The lowest BCUT2D eigenvalue weighted by atomic mass is 10.0. The van der Waals surface area contributed by atoms with Crippen molar-refractivity contribution in [1.82, 2.24) is 4.98 Å². The molecule has 0 unspecified atom stereocenters. The molecule has 0 bridgehead atoms. The fourth-order valence-electron chi connectivity index (χ4n) is 2.52. The fourth-order valence-corrected chi connectivity index (χ4v) is 3.57. The van der Waals surface area contributed by atoms with E-state index >= 15 is 0 Å². The Balaban J connectivity index is 2.20. The van der Waals surface area contributed by atoms with Crippen LogP contribution >= 0.6 is 46.4 Å². The standard InChI is InChI=1S/C19H10Cl4N2/c20-14-5-12(6-15(21)9-14)18-2-1-11(3-4-24)19(25-18)13-7-16(22)10-17(23)8-13/h1-2,5-10H,3H2. The van der Waals surface area contributed by atoms with E-state index in [4.69, 9.17) is 56.6 Å². The van der Waals surface area contributed by atoms with Crippen LogP contribution in [0.5, 0.6) is 0 Å². The molecule has 25 heavy (non-hydrogen) atoms. The van der Waals surface area contributed by atoms with Gasteiger partial charge in [0.25, 0.3) is 0 Å². The third-order valence-electron chi connectivity index (χ3n) is 3.54. The highest BCUT2D eigenvalue weighted by Gasteiger charge is 2.12. The minimum atomic E-state index is 0.225. The second kappa shape index (κ2) is 7.64. The number of rotatable bonds is 3. The zero-order valence-corrected chi connectivity index (χ0v) is 15.8. The molecule has 0 fully saturated rings. The first kappa shape index (κ1) is 18.0. The SMILES string of the molecule is N#CCc1ccc(-c2cc(Cl)cc(Cl)c2)nc1-c1cc(Cl)cc(Cl)c1. The average molecular weight is 408 g/mol. The third-order valence-corrected chi connectivity index (χ3v) is 4.42. The molecule has 0 aliphatic rings. The van der Waals surface area contributed by atoms with Crippen LogP contribution in [0.15, 0.2) is 48.5 Å². The van der Waals surface area contributed by atoms with Gasteiger partial charge < -0.3 is 0 Å². The maximum absolute atomic E-state index is 9.09. The van der Waals surface area contributed by atoms with E-state index in [9.17, 15) is 0 Å². The van der Waals surface area contributed by atoms with Gasteiger partial charge >= 0.3 is 0 Å². The second-order valence-corrected chi connectivity index (χ2v) is 7.10. The van der Waals surface area contributed by atoms with Crippen molar-refractivity contribution < 1.29 is 0 Å². The van der Waals surface area contributed by atoms with E-state index in [0.29, 0.717) is 31.5 Å². The lowest BCUT2D eigenvalue weighted by Crippen LogP contribution is -1.95. The first-order valence-electron chi connectivity index (χ1n) is 7.26. The summed E-state index contributed by atoms with van der Waals surface area (Å²) in [6.45, 7) is 0. The predicted molar refractivity (Wildman–Crippen MR) is 104 cm³/mol. The summed E-state index contributed by atoms with van der Waals surface area (Å²) in [5.74, 6) is 0. The molecule has 0 amide bonds. The number of nitriles is 1. The Hall–Kier alpha value is -1.76. The van der Waals surface area contributed by atoms with E-state index in [-0.39, 0.29) is 6.42 Å². The van der Waals surface area contributed by atoms with Gasteiger partial charge in [0.2, 0.25) is 0 Å². The highest BCUT2D eigenvalue weighted by molar-refractivity contribution is 6.35. The zero-order chi connectivity index (χ0) is 18.0. The third kappa shape index (κ3) is 4.26. The Bertz CT molecular complexity index is 953. The van der Waals surface area contributed by atoms with Gasteiger partial charge in [-0.15, -0.1) is 0 Å². The van der Waals surface area contributed by atoms with Crippen LogP contribution in [-0.4, -0.2) is 4.98 Å². The van der Waals surface area contributed by atoms with Gasteiger partial charge in [0.1, 0.15) is 0 Å². The maximum Gasteiger partial charge on any atom is 0.0752 e. The number of benzene rings is 2. The summed E-state index contributed by atoms with van der Waals surface area (Å²) >= 11 is 24.4. The van der Waals surface area contributed by atoms with Crippen molar-refractivity contribution >= 4 is 46.4 Å². The molecule has 0 spiro atoms. The number of hydrogen-bond donors (Lipinski definition) is 0. The summed E-state index contributed by atoms with van der Waals surface area (Å²) in [6, 6.07) is 16.3. The molecule has 0 saturated heterocycles. The van der Waals surface area contributed by atoms with Gasteiger partial charge in [-0.05, 0) is 48.0 Å². The van der Waals surface area contributed by atoms with Gasteiger partial charge in [-0.3, -0.25) is 0 Å². The first-order chi connectivity index (χ1) is 12.0. The Morgan fingerprint density at radius 2 is 1.28 bits per heavy atom. The fraction of sp³-hybridized carbons (Fsp3) is 0.0526. The summed E-state index contributed by atoms with van der Waals surface area (Å²) in [6.07, 6.45) is 0.225. The topological polar surface area (TPSA) is 36.7 Å². The molecule has 0 atom stereocenters. The van der Waals surface area contributed by atoms with Crippen molar-refractivity contribution in [3.05, 3.63) is 74.2 Å². The Morgan fingerprint density at radius 3 is 1.80 bits per heavy atom. The van der Waals surface area contributed by atoms with Crippen molar-refractivity contribution in [3.8, 4) is 28.6 Å². The van der Waals surface area contributed by atoms with Crippen molar-refractivity contribution in [1.29, 1.82) is 5.26 Å². The van der Waals surface area contributed by atoms with Crippen LogP contribution in [0.1, 0.15) is 5.56 Å². The number of hydrogen-bond acceptors (Lipinski definition) is 2. The summed E-state index contributed by atoms with van der Waals surface area (Å²) in [7, 11) is 0. The van der Waals surface area contributed by atoms with Crippen LogP contribution in [-0.2, 0) is 6.42 Å². The van der Waals surface area contributed by atoms with Crippen LogP contribution in [0, 0.1) is 11.3 Å². The molecule has 0 N–H and O–H groups in total. The van der Waals surface area contributed by atoms with E-state index in [1.807, 2.05) is 12.1 Å². The largest absolute Gasteiger partial charge is 0.247 e. The molecular formula is C19H10Cl4N2. The van der Waals surface area contributed by atoms with Crippen LogP contribution in [0.25, 0.3) is 22.5 Å². The van der Waals surface area contributed by atoms with E-state index in [1.165, 1.54) is 0 Å². The predicted octanol–water partition coefficient (Wildman–Crippen LogP) is 7.10. The van der Waals surface area contributed by atoms with Gasteiger partial charge in [-0.25, -0.2) is 4.98 Å².